The molecule has 1 aromatic rings. The van der Waals surface area contributed by atoms with Crippen molar-refractivity contribution < 1.29 is 9.90 Å². The Labute approximate surface area is 114 Å². The molecule has 4 nitrogen and oxygen atoms in total. The Balaban J connectivity index is 2.08. The number of aliphatic carboxylic acids is 1. The van der Waals surface area contributed by atoms with E-state index < -0.39 is 11.9 Å². The van der Waals surface area contributed by atoms with Crippen LogP contribution in [0.25, 0.3) is 0 Å². The van der Waals surface area contributed by atoms with Crippen molar-refractivity contribution in [3.05, 3.63) is 35.4 Å². The minimum Gasteiger partial charge on any atom is -0.481 e. The zero-order chi connectivity index (χ0) is 13.8. The first-order valence-corrected chi connectivity index (χ1v) is 6.83. The van der Waals surface area contributed by atoms with Gasteiger partial charge >= 0.3 is 5.97 Å². The molecule has 1 aliphatic heterocycles. The number of benzene rings is 1. The Morgan fingerprint density at radius 2 is 1.95 bits per heavy atom. The summed E-state index contributed by atoms with van der Waals surface area (Å²) in [4.78, 5) is 13.4. The molecule has 0 bridgehead atoms. The fraction of sp³-hybridized carbons (Fsp3) is 0.533. The Bertz CT molecular complexity index is 422. The van der Waals surface area contributed by atoms with Crippen molar-refractivity contribution in [1.82, 2.24) is 4.90 Å². The third-order valence-corrected chi connectivity index (χ3v) is 4.06. The number of carbonyl (C=O) groups is 1. The zero-order valence-corrected chi connectivity index (χ0v) is 11.4. The smallest absolute Gasteiger partial charge is 0.312 e. The fourth-order valence-corrected chi connectivity index (χ4v) is 2.72. The van der Waals surface area contributed by atoms with E-state index in [-0.39, 0.29) is 6.54 Å². The second-order valence-corrected chi connectivity index (χ2v) is 5.37. The minimum atomic E-state index is -0.852. The molecule has 0 aromatic heterocycles. The number of hydrogen-bond acceptors (Lipinski definition) is 3. The number of nitrogens with two attached hydrogens (primary N) is 1. The number of carboxylic acids is 1. The van der Waals surface area contributed by atoms with E-state index in [9.17, 15) is 4.79 Å². The molecule has 1 aromatic carbocycles. The Morgan fingerprint density at radius 1 is 1.37 bits per heavy atom. The molecule has 1 unspecified atom stereocenters. The summed E-state index contributed by atoms with van der Waals surface area (Å²) in [5, 5.41) is 9.09. The molecule has 2 rings (SSSR count). The molecule has 3 N–H and O–H groups in total. The minimum absolute atomic E-state index is 0.142. The molecular formula is C15H22N2O2. The Morgan fingerprint density at radius 3 is 2.42 bits per heavy atom. The topological polar surface area (TPSA) is 66.6 Å². The zero-order valence-electron chi connectivity index (χ0n) is 11.4. The summed E-state index contributed by atoms with van der Waals surface area (Å²) in [5.74, 6) is -0.840. The van der Waals surface area contributed by atoms with E-state index in [1.165, 1.54) is 18.4 Å². The molecule has 4 heteroatoms. The summed E-state index contributed by atoms with van der Waals surface area (Å²) in [5.41, 5.74) is 7.63. The van der Waals surface area contributed by atoms with Crippen LogP contribution in [0.4, 0.5) is 0 Å². The van der Waals surface area contributed by atoms with Crippen LogP contribution in [0.2, 0.25) is 0 Å². The van der Waals surface area contributed by atoms with Crippen LogP contribution in [0.15, 0.2) is 24.3 Å². The summed E-state index contributed by atoms with van der Waals surface area (Å²) in [6, 6.07) is 7.96. The number of nitrogens with zero attached hydrogens (tertiary/aromatic N) is 1. The van der Waals surface area contributed by atoms with Gasteiger partial charge in [0.2, 0.25) is 0 Å². The van der Waals surface area contributed by atoms with Gasteiger partial charge < -0.3 is 15.7 Å². The maximum Gasteiger partial charge on any atom is 0.312 e. The lowest BCUT2D eigenvalue weighted by atomic mass is 9.88. The van der Waals surface area contributed by atoms with Crippen molar-refractivity contribution in [2.24, 2.45) is 5.73 Å². The fourth-order valence-electron chi connectivity index (χ4n) is 2.72. The van der Waals surface area contributed by atoms with Crippen molar-refractivity contribution in [1.29, 1.82) is 0 Å². The van der Waals surface area contributed by atoms with E-state index in [2.05, 4.69) is 24.1 Å². The lowest BCUT2D eigenvalue weighted by Crippen LogP contribution is -2.29. The normalized spacial score (nSPS) is 19.3. The SMILES string of the molecule is CN1CCC(c2ccc(C(CN)C(=O)O)cc2)CC1. The van der Waals surface area contributed by atoms with E-state index in [1.807, 2.05) is 12.1 Å². The summed E-state index contributed by atoms with van der Waals surface area (Å²) < 4.78 is 0. The van der Waals surface area contributed by atoms with Gasteiger partial charge in [-0.15, -0.1) is 0 Å². The second kappa shape index (κ2) is 6.17. The van der Waals surface area contributed by atoms with E-state index in [1.54, 1.807) is 0 Å². The van der Waals surface area contributed by atoms with Gasteiger partial charge in [-0.2, -0.15) is 0 Å². The van der Waals surface area contributed by atoms with Gasteiger partial charge in [0.05, 0.1) is 5.92 Å². The number of piperidine rings is 1. The van der Waals surface area contributed by atoms with Crippen molar-refractivity contribution in [3.63, 3.8) is 0 Å². The van der Waals surface area contributed by atoms with Gasteiger partial charge in [0.15, 0.2) is 0 Å². The average Bonchev–Trinajstić information content (AvgIpc) is 2.41. The van der Waals surface area contributed by atoms with Crippen LogP contribution in [0.3, 0.4) is 0 Å². The predicted molar refractivity (Wildman–Crippen MR) is 75.3 cm³/mol. The summed E-state index contributed by atoms with van der Waals surface area (Å²) >= 11 is 0. The first-order valence-electron chi connectivity index (χ1n) is 6.83. The lowest BCUT2D eigenvalue weighted by Gasteiger charge is -2.29. The van der Waals surface area contributed by atoms with Crippen LogP contribution in [-0.4, -0.2) is 42.7 Å². The molecule has 0 aliphatic carbocycles. The first-order chi connectivity index (χ1) is 9.11. The largest absolute Gasteiger partial charge is 0.481 e. The predicted octanol–water partition coefficient (Wildman–Crippen LogP) is 1.62. The molecule has 1 atom stereocenters. The third-order valence-electron chi connectivity index (χ3n) is 4.06. The van der Waals surface area contributed by atoms with Crippen LogP contribution in [-0.2, 0) is 4.79 Å². The van der Waals surface area contributed by atoms with Crippen molar-refractivity contribution in [2.45, 2.75) is 24.7 Å². The van der Waals surface area contributed by atoms with E-state index >= 15 is 0 Å². The molecule has 104 valence electrons. The molecule has 1 aliphatic rings. The number of likely N-dealkylation sites (tertiary alicyclic amines) is 1. The first kappa shape index (κ1) is 14.0. The van der Waals surface area contributed by atoms with E-state index in [0.717, 1.165) is 18.7 Å². The van der Waals surface area contributed by atoms with E-state index in [4.69, 9.17) is 10.8 Å². The molecular weight excluding hydrogens is 240 g/mol. The Kier molecular flexibility index (Phi) is 4.56. The monoisotopic (exact) mass is 262 g/mol. The average molecular weight is 262 g/mol. The Hall–Kier alpha value is -1.39. The van der Waals surface area contributed by atoms with Gasteiger partial charge in [0.1, 0.15) is 0 Å². The van der Waals surface area contributed by atoms with Gasteiger partial charge in [0.25, 0.3) is 0 Å². The van der Waals surface area contributed by atoms with Crippen LogP contribution >= 0.6 is 0 Å². The van der Waals surface area contributed by atoms with Crippen LogP contribution in [0.5, 0.6) is 0 Å². The molecule has 19 heavy (non-hydrogen) atoms. The van der Waals surface area contributed by atoms with Gasteiger partial charge in [0, 0.05) is 6.54 Å². The standard InChI is InChI=1S/C15H22N2O2/c1-17-8-6-12(7-9-17)11-2-4-13(5-3-11)14(10-16)15(18)19/h2-5,12,14H,6-10,16H2,1H3,(H,18,19). The lowest BCUT2D eigenvalue weighted by molar-refractivity contribution is -0.138. The summed E-state index contributed by atoms with van der Waals surface area (Å²) in [7, 11) is 2.15. The van der Waals surface area contributed by atoms with Gasteiger partial charge in [-0.05, 0) is 50.0 Å². The molecule has 0 saturated carbocycles. The van der Waals surface area contributed by atoms with Crippen molar-refractivity contribution in [3.8, 4) is 0 Å². The molecule has 0 amide bonds. The van der Waals surface area contributed by atoms with E-state index in [0.29, 0.717) is 5.92 Å². The van der Waals surface area contributed by atoms with Gasteiger partial charge in [-0.3, -0.25) is 4.79 Å². The highest BCUT2D eigenvalue weighted by molar-refractivity contribution is 5.76. The second-order valence-electron chi connectivity index (χ2n) is 5.37. The van der Waals surface area contributed by atoms with Crippen LogP contribution in [0.1, 0.15) is 35.8 Å². The summed E-state index contributed by atoms with van der Waals surface area (Å²) in [6.45, 7) is 2.41. The van der Waals surface area contributed by atoms with Crippen LogP contribution < -0.4 is 5.73 Å². The quantitative estimate of drug-likeness (QED) is 0.865. The van der Waals surface area contributed by atoms with Gasteiger partial charge in [-0.1, -0.05) is 24.3 Å². The number of hydrogen-bond donors (Lipinski definition) is 2. The highest BCUT2D eigenvalue weighted by Crippen LogP contribution is 2.28. The van der Waals surface area contributed by atoms with Crippen molar-refractivity contribution in [2.75, 3.05) is 26.7 Å². The highest BCUT2D eigenvalue weighted by atomic mass is 16.4. The molecule has 1 heterocycles. The number of carboxylic acid groups (broad SMARTS) is 1. The molecule has 1 saturated heterocycles. The van der Waals surface area contributed by atoms with Crippen molar-refractivity contribution >= 4 is 5.97 Å². The maximum absolute atomic E-state index is 11.1. The third kappa shape index (κ3) is 3.33. The molecule has 0 radical (unpaired) electrons. The molecule has 0 spiro atoms. The van der Waals surface area contributed by atoms with Crippen LogP contribution in [0, 0.1) is 0 Å². The molecule has 1 fully saturated rings. The maximum atomic E-state index is 11.1. The highest BCUT2D eigenvalue weighted by Gasteiger charge is 2.20. The van der Waals surface area contributed by atoms with Gasteiger partial charge in [-0.25, -0.2) is 0 Å². The number of rotatable bonds is 4. The summed E-state index contributed by atoms with van der Waals surface area (Å²) in [6.07, 6.45) is 2.35.